The highest BCUT2D eigenvalue weighted by atomic mass is 16.5. The number of ether oxygens (including phenoxy) is 2. The third kappa shape index (κ3) is 1.93. The van der Waals surface area contributed by atoms with Crippen molar-refractivity contribution in [3.63, 3.8) is 0 Å². The molecule has 3 nitrogen and oxygen atoms in total. The van der Waals surface area contributed by atoms with Gasteiger partial charge in [0, 0.05) is 18.2 Å². The molecule has 88 valence electrons. The molecular weight excluding hydrogens is 202 g/mol. The highest BCUT2D eigenvalue weighted by Gasteiger charge is 2.34. The Morgan fingerprint density at radius 2 is 2.06 bits per heavy atom. The van der Waals surface area contributed by atoms with Gasteiger partial charge < -0.3 is 15.2 Å². The second-order valence-electron chi connectivity index (χ2n) is 4.47. The molecule has 0 spiro atoms. The molecule has 0 bridgehead atoms. The van der Waals surface area contributed by atoms with Crippen LogP contribution in [0.2, 0.25) is 0 Å². The highest BCUT2D eigenvalue weighted by molar-refractivity contribution is 5.40. The van der Waals surface area contributed by atoms with Crippen LogP contribution in [0, 0.1) is 0 Å². The van der Waals surface area contributed by atoms with E-state index in [1.54, 1.807) is 14.2 Å². The quantitative estimate of drug-likeness (QED) is 0.847. The van der Waals surface area contributed by atoms with E-state index in [2.05, 4.69) is 6.07 Å². The molecule has 1 aliphatic carbocycles. The fraction of sp³-hybridized carbons (Fsp3) is 0.538. The van der Waals surface area contributed by atoms with Crippen molar-refractivity contribution in [3.8, 4) is 5.75 Å². The molecule has 1 fully saturated rings. The van der Waals surface area contributed by atoms with Crippen molar-refractivity contribution < 1.29 is 9.47 Å². The van der Waals surface area contributed by atoms with Gasteiger partial charge in [-0.2, -0.15) is 0 Å². The molecule has 0 heterocycles. The Hall–Kier alpha value is -1.06. The van der Waals surface area contributed by atoms with Crippen molar-refractivity contribution in [2.45, 2.75) is 31.4 Å². The minimum absolute atomic E-state index is 0.126. The van der Waals surface area contributed by atoms with E-state index in [1.807, 2.05) is 12.1 Å². The molecule has 2 rings (SSSR count). The van der Waals surface area contributed by atoms with Crippen molar-refractivity contribution >= 4 is 0 Å². The summed E-state index contributed by atoms with van der Waals surface area (Å²) < 4.78 is 10.5. The number of benzene rings is 1. The van der Waals surface area contributed by atoms with E-state index in [9.17, 15) is 0 Å². The zero-order valence-corrected chi connectivity index (χ0v) is 9.95. The number of methoxy groups -OCH3 is 2. The zero-order valence-electron chi connectivity index (χ0n) is 9.95. The average molecular weight is 221 g/mol. The first-order valence-electron chi connectivity index (χ1n) is 5.65. The van der Waals surface area contributed by atoms with Crippen molar-refractivity contribution in [2.24, 2.45) is 5.73 Å². The Morgan fingerprint density at radius 1 is 1.31 bits per heavy atom. The van der Waals surface area contributed by atoms with E-state index in [-0.39, 0.29) is 5.54 Å². The molecule has 1 aliphatic rings. The van der Waals surface area contributed by atoms with Crippen LogP contribution in [0.1, 0.15) is 30.4 Å². The topological polar surface area (TPSA) is 44.5 Å². The molecule has 1 aromatic carbocycles. The lowest BCUT2D eigenvalue weighted by atomic mass is 9.72. The largest absolute Gasteiger partial charge is 0.496 e. The Balaban J connectivity index is 2.29. The van der Waals surface area contributed by atoms with Crippen LogP contribution in [0.25, 0.3) is 0 Å². The second-order valence-corrected chi connectivity index (χ2v) is 4.47. The van der Waals surface area contributed by atoms with Gasteiger partial charge in [-0.15, -0.1) is 0 Å². The first-order valence-corrected chi connectivity index (χ1v) is 5.65. The predicted molar refractivity (Wildman–Crippen MR) is 63.4 cm³/mol. The van der Waals surface area contributed by atoms with Crippen molar-refractivity contribution in [2.75, 3.05) is 14.2 Å². The fourth-order valence-corrected chi connectivity index (χ4v) is 2.18. The Kier molecular flexibility index (Phi) is 3.17. The average Bonchev–Trinajstić information content (AvgIpc) is 2.27. The SMILES string of the molecule is COCc1ccc(C2(N)CCC2)cc1OC. The van der Waals surface area contributed by atoms with Crippen molar-refractivity contribution in [3.05, 3.63) is 29.3 Å². The summed E-state index contributed by atoms with van der Waals surface area (Å²) in [5, 5.41) is 0. The van der Waals surface area contributed by atoms with Crippen LogP contribution >= 0.6 is 0 Å². The van der Waals surface area contributed by atoms with E-state index >= 15 is 0 Å². The standard InChI is InChI=1S/C13H19NO2/c1-15-9-10-4-5-11(8-12(10)16-2)13(14)6-3-7-13/h4-5,8H,3,6-7,9,14H2,1-2H3. The fourth-order valence-electron chi connectivity index (χ4n) is 2.18. The maximum atomic E-state index is 6.28. The van der Waals surface area contributed by atoms with Gasteiger partial charge in [0.1, 0.15) is 5.75 Å². The van der Waals surface area contributed by atoms with E-state index in [0.717, 1.165) is 24.2 Å². The first kappa shape index (κ1) is 11.4. The molecule has 2 N–H and O–H groups in total. The maximum Gasteiger partial charge on any atom is 0.124 e. The molecule has 0 aromatic heterocycles. The van der Waals surface area contributed by atoms with Gasteiger partial charge in [-0.05, 0) is 30.9 Å². The lowest BCUT2D eigenvalue weighted by Gasteiger charge is -2.38. The normalized spacial score (nSPS) is 17.9. The smallest absolute Gasteiger partial charge is 0.124 e. The third-order valence-corrected chi connectivity index (χ3v) is 3.41. The Bertz CT molecular complexity index is 372. The summed E-state index contributed by atoms with van der Waals surface area (Å²) in [5.41, 5.74) is 8.40. The summed E-state index contributed by atoms with van der Waals surface area (Å²) in [7, 11) is 3.37. The number of nitrogens with two attached hydrogens (primary N) is 1. The molecule has 0 aliphatic heterocycles. The second kappa shape index (κ2) is 4.44. The summed E-state index contributed by atoms with van der Waals surface area (Å²) in [6, 6.07) is 6.19. The molecule has 1 aromatic rings. The van der Waals surface area contributed by atoms with Gasteiger partial charge in [0.15, 0.2) is 0 Å². The van der Waals surface area contributed by atoms with Crippen LogP contribution in [0.5, 0.6) is 5.75 Å². The predicted octanol–water partition coefficient (Wildman–Crippen LogP) is 2.18. The lowest BCUT2D eigenvalue weighted by Crippen LogP contribution is -2.43. The van der Waals surface area contributed by atoms with Gasteiger partial charge in [-0.3, -0.25) is 0 Å². The minimum Gasteiger partial charge on any atom is -0.496 e. The number of rotatable bonds is 4. The summed E-state index contributed by atoms with van der Waals surface area (Å²) in [6.45, 7) is 0.570. The van der Waals surface area contributed by atoms with Crippen LogP contribution in [-0.2, 0) is 16.9 Å². The third-order valence-electron chi connectivity index (χ3n) is 3.41. The van der Waals surface area contributed by atoms with E-state index in [4.69, 9.17) is 15.2 Å². The number of hydrogen-bond donors (Lipinski definition) is 1. The van der Waals surface area contributed by atoms with Crippen LogP contribution in [-0.4, -0.2) is 14.2 Å². The van der Waals surface area contributed by atoms with Crippen LogP contribution in [0.3, 0.4) is 0 Å². The summed E-state index contributed by atoms with van der Waals surface area (Å²) in [4.78, 5) is 0. The lowest BCUT2D eigenvalue weighted by molar-refractivity contribution is 0.181. The van der Waals surface area contributed by atoms with Crippen LogP contribution in [0.15, 0.2) is 18.2 Å². The first-order chi connectivity index (χ1) is 7.69. The highest BCUT2D eigenvalue weighted by Crippen LogP contribution is 2.40. The molecule has 0 atom stereocenters. The molecule has 1 saturated carbocycles. The van der Waals surface area contributed by atoms with E-state index in [0.29, 0.717) is 6.61 Å². The van der Waals surface area contributed by atoms with Gasteiger partial charge in [-0.1, -0.05) is 12.1 Å². The van der Waals surface area contributed by atoms with Crippen LogP contribution < -0.4 is 10.5 Å². The molecule has 3 heteroatoms. The monoisotopic (exact) mass is 221 g/mol. The number of hydrogen-bond acceptors (Lipinski definition) is 3. The van der Waals surface area contributed by atoms with Gasteiger partial charge in [0.2, 0.25) is 0 Å². The summed E-state index contributed by atoms with van der Waals surface area (Å²) in [5.74, 6) is 0.871. The van der Waals surface area contributed by atoms with Crippen LogP contribution in [0.4, 0.5) is 0 Å². The summed E-state index contributed by atoms with van der Waals surface area (Å²) >= 11 is 0. The van der Waals surface area contributed by atoms with Crippen molar-refractivity contribution in [1.29, 1.82) is 0 Å². The maximum absolute atomic E-state index is 6.28. The van der Waals surface area contributed by atoms with Gasteiger partial charge >= 0.3 is 0 Å². The van der Waals surface area contributed by atoms with Gasteiger partial charge in [0.05, 0.1) is 13.7 Å². The van der Waals surface area contributed by atoms with Gasteiger partial charge in [-0.25, -0.2) is 0 Å². The Morgan fingerprint density at radius 3 is 2.56 bits per heavy atom. The van der Waals surface area contributed by atoms with E-state index in [1.165, 1.54) is 12.0 Å². The summed E-state index contributed by atoms with van der Waals surface area (Å²) in [6.07, 6.45) is 3.36. The van der Waals surface area contributed by atoms with E-state index < -0.39 is 0 Å². The molecule has 0 saturated heterocycles. The minimum atomic E-state index is -0.126. The Labute approximate surface area is 96.5 Å². The molecule has 16 heavy (non-hydrogen) atoms. The molecule has 0 amide bonds. The van der Waals surface area contributed by atoms with Gasteiger partial charge in [0.25, 0.3) is 0 Å². The molecular formula is C13H19NO2. The van der Waals surface area contributed by atoms with Crippen molar-refractivity contribution in [1.82, 2.24) is 0 Å². The molecule has 0 radical (unpaired) electrons. The zero-order chi connectivity index (χ0) is 11.6. The molecule has 0 unspecified atom stereocenters.